The highest BCUT2D eigenvalue weighted by molar-refractivity contribution is 6.39. The first-order valence-electron chi connectivity index (χ1n) is 8.70. The Bertz CT molecular complexity index is 799. The van der Waals surface area contributed by atoms with Gasteiger partial charge in [0, 0.05) is 30.5 Å². The molecule has 0 atom stereocenters. The maximum Gasteiger partial charge on any atom is 0.329 e. The molecule has 0 heterocycles. The SMILES string of the molecule is CCN(CC)c1ccc(/C=N/NC(=O)C(=O)Nc2cccc(OC)c2)cc1. The fourth-order valence-corrected chi connectivity index (χ4v) is 2.46. The Labute approximate surface area is 159 Å². The number of rotatable bonds is 7. The van der Waals surface area contributed by atoms with Crippen LogP contribution in [0.2, 0.25) is 0 Å². The average Bonchev–Trinajstić information content (AvgIpc) is 2.70. The zero-order valence-corrected chi connectivity index (χ0v) is 15.7. The van der Waals surface area contributed by atoms with Crippen LogP contribution in [-0.4, -0.2) is 38.2 Å². The monoisotopic (exact) mass is 368 g/mol. The molecule has 0 saturated carbocycles. The average molecular weight is 368 g/mol. The molecule has 0 aliphatic heterocycles. The Morgan fingerprint density at radius 3 is 2.41 bits per heavy atom. The molecule has 2 rings (SSSR count). The van der Waals surface area contributed by atoms with Crippen LogP contribution in [0.25, 0.3) is 0 Å². The molecule has 7 nitrogen and oxygen atoms in total. The predicted octanol–water partition coefficient (Wildman–Crippen LogP) is 2.63. The molecule has 0 aromatic heterocycles. The van der Waals surface area contributed by atoms with E-state index in [1.54, 1.807) is 24.3 Å². The van der Waals surface area contributed by atoms with Gasteiger partial charge in [-0.25, -0.2) is 5.43 Å². The first-order valence-corrected chi connectivity index (χ1v) is 8.70. The maximum atomic E-state index is 11.9. The van der Waals surface area contributed by atoms with E-state index in [-0.39, 0.29) is 0 Å². The second kappa shape index (κ2) is 9.96. The van der Waals surface area contributed by atoms with E-state index in [1.165, 1.54) is 13.3 Å². The van der Waals surface area contributed by atoms with Crippen molar-refractivity contribution in [3.05, 3.63) is 54.1 Å². The Morgan fingerprint density at radius 2 is 1.78 bits per heavy atom. The summed E-state index contributed by atoms with van der Waals surface area (Å²) in [6.45, 7) is 6.07. The number of hydrogen-bond acceptors (Lipinski definition) is 5. The molecule has 2 aromatic rings. The summed E-state index contributed by atoms with van der Waals surface area (Å²) in [5, 5.41) is 6.32. The van der Waals surface area contributed by atoms with Crippen LogP contribution in [0.5, 0.6) is 5.75 Å². The number of amides is 2. The van der Waals surface area contributed by atoms with Gasteiger partial charge in [0.05, 0.1) is 13.3 Å². The van der Waals surface area contributed by atoms with Crippen LogP contribution in [-0.2, 0) is 9.59 Å². The van der Waals surface area contributed by atoms with Crippen molar-refractivity contribution in [2.75, 3.05) is 30.4 Å². The molecular formula is C20H24N4O3. The Morgan fingerprint density at radius 1 is 1.07 bits per heavy atom. The number of nitrogens with one attached hydrogen (secondary N) is 2. The van der Waals surface area contributed by atoms with E-state index in [0.29, 0.717) is 11.4 Å². The lowest BCUT2D eigenvalue weighted by Crippen LogP contribution is -2.32. The Hall–Kier alpha value is -3.35. The molecule has 2 aromatic carbocycles. The normalized spacial score (nSPS) is 10.5. The first-order chi connectivity index (χ1) is 13.1. The summed E-state index contributed by atoms with van der Waals surface area (Å²) < 4.78 is 5.07. The number of benzene rings is 2. The summed E-state index contributed by atoms with van der Waals surface area (Å²) in [4.78, 5) is 26.0. The summed E-state index contributed by atoms with van der Waals surface area (Å²) in [5.74, 6) is -1.08. The van der Waals surface area contributed by atoms with Gasteiger partial charge in [0.1, 0.15) is 5.75 Å². The molecule has 2 amide bonds. The van der Waals surface area contributed by atoms with Gasteiger partial charge >= 0.3 is 11.8 Å². The molecule has 7 heteroatoms. The number of nitrogens with zero attached hydrogens (tertiary/aromatic N) is 2. The minimum absolute atomic E-state index is 0.463. The third-order valence-corrected chi connectivity index (χ3v) is 3.94. The minimum Gasteiger partial charge on any atom is -0.497 e. The summed E-state index contributed by atoms with van der Waals surface area (Å²) in [6, 6.07) is 14.5. The number of carbonyl (C=O) groups is 2. The lowest BCUT2D eigenvalue weighted by atomic mass is 10.2. The van der Waals surface area contributed by atoms with Crippen molar-refractivity contribution >= 4 is 29.4 Å². The standard InChI is InChI=1S/C20H24N4O3/c1-4-24(5-2)17-11-9-15(10-12-17)14-21-23-20(26)19(25)22-16-7-6-8-18(13-16)27-3/h6-14H,4-5H2,1-3H3,(H,22,25)(H,23,26)/b21-14+. The smallest absolute Gasteiger partial charge is 0.329 e. The van der Waals surface area contributed by atoms with E-state index in [0.717, 1.165) is 24.3 Å². The molecule has 0 saturated heterocycles. The molecular weight excluding hydrogens is 344 g/mol. The predicted molar refractivity (Wildman–Crippen MR) is 107 cm³/mol. The zero-order chi connectivity index (χ0) is 19.6. The van der Waals surface area contributed by atoms with Crippen LogP contribution in [0, 0.1) is 0 Å². The summed E-state index contributed by atoms with van der Waals surface area (Å²) in [5.41, 5.74) is 4.62. The Balaban J connectivity index is 1.89. The maximum absolute atomic E-state index is 11.9. The summed E-state index contributed by atoms with van der Waals surface area (Å²) in [7, 11) is 1.52. The molecule has 0 bridgehead atoms. The Kier molecular flexibility index (Phi) is 7.37. The van der Waals surface area contributed by atoms with Crippen molar-refractivity contribution in [2.24, 2.45) is 5.10 Å². The van der Waals surface area contributed by atoms with Crippen LogP contribution in [0.4, 0.5) is 11.4 Å². The van der Waals surface area contributed by atoms with Gasteiger partial charge in [-0.15, -0.1) is 0 Å². The van der Waals surface area contributed by atoms with Crippen LogP contribution in [0.1, 0.15) is 19.4 Å². The van der Waals surface area contributed by atoms with Gasteiger partial charge in [-0.3, -0.25) is 9.59 Å². The number of anilines is 2. The lowest BCUT2D eigenvalue weighted by Gasteiger charge is -2.20. The summed E-state index contributed by atoms with van der Waals surface area (Å²) >= 11 is 0. The molecule has 2 N–H and O–H groups in total. The second-order valence-corrected chi connectivity index (χ2v) is 5.65. The van der Waals surface area contributed by atoms with Crippen molar-refractivity contribution in [3.63, 3.8) is 0 Å². The van der Waals surface area contributed by atoms with E-state index >= 15 is 0 Å². The van der Waals surface area contributed by atoms with Crippen LogP contribution in [0.15, 0.2) is 53.6 Å². The molecule has 142 valence electrons. The van der Waals surface area contributed by atoms with Gasteiger partial charge < -0.3 is 15.0 Å². The van der Waals surface area contributed by atoms with E-state index in [9.17, 15) is 9.59 Å². The fraction of sp³-hybridized carbons (Fsp3) is 0.250. The highest BCUT2D eigenvalue weighted by Gasteiger charge is 2.13. The first kappa shape index (κ1) is 20.0. The number of hydrogen-bond donors (Lipinski definition) is 2. The number of carbonyl (C=O) groups excluding carboxylic acids is 2. The van der Waals surface area contributed by atoms with Gasteiger partial charge in [0.15, 0.2) is 0 Å². The van der Waals surface area contributed by atoms with Gasteiger partial charge in [-0.2, -0.15) is 5.10 Å². The molecule has 0 fully saturated rings. The fourth-order valence-electron chi connectivity index (χ4n) is 2.46. The molecule has 0 aliphatic rings. The molecule has 0 aliphatic carbocycles. The minimum atomic E-state index is -0.853. The number of ether oxygens (including phenoxy) is 1. The van der Waals surface area contributed by atoms with Crippen molar-refractivity contribution in [1.82, 2.24) is 5.43 Å². The van der Waals surface area contributed by atoms with E-state index in [4.69, 9.17) is 4.74 Å². The number of hydrazone groups is 1. The van der Waals surface area contributed by atoms with E-state index in [2.05, 4.69) is 34.6 Å². The van der Waals surface area contributed by atoms with Crippen LogP contribution >= 0.6 is 0 Å². The summed E-state index contributed by atoms with van der Waals surface area (Å²) in [6.07, 6.45) is 1.49. The topological polar surface area (TPSA) is 83.0 Å². The molecule has 0 radical (unpaired) electrons. The van der Waals surface area contributed by atoms with Gasteiger partial charge in [-0.1, -0.05) is 18.2 Å². The second-order valence-electron chi connectivity index (χ2n) is 5.65. The molecule has 0 spiro atoms. The van der Waals surface area contributed by atoms with Crippen molar-refractivity contribution < 1.29 is 14.3 Å². The van der Waals surface area contributed by atoms with Crippen molar-refractivity contribution in [3.8, 4) is 5.75 Å². The van der Waals surface area contributed by atoms with Crippen molar-refractivity contribution in [1.29, 1.82) is 0 Å². The van der Waals surface area contributed by atoms with Crippen LogP contribution in [0.3, 0.4) is 0 Å². The van der Waals surface area contributed by atoms with Crippen LogP contribution < -0.4 is 20.4 Å². The largest absolute Gasteiger partial charge is 0.497 e. The van der Waals surface area contributed by atoms with E-state index < -0.39 is 11.8 Å². The molecule has 27 heavy (non-hydrogen) atoms. The third kappa shape index (κ3) is 5.85. The highest BCUT2D eigenvalue weighted by Crippen LogP contribution is 2.16. The van der Waals surface area contributed by atoms with E-state index in [1.807, 2.05) is 24.3 Å². The zero-order valence-electron chi connectivity index (χ0n) is 15.7. The quantitative estimate of drug-likeness (QED) is 0.447. The van der Waals surface area contributed by atoms with Gasteiger partial charge in [0.2, 0.25) is 0 Å². The lowest BCUT2D eigenvalue weighted by molar-refractivity contribution is -0.136. The number of methoxy groups -OCH3 is 1. The van der Waals surface area contributed by atoms with Gasteiger partial charge in [0.25, 0.3) is 0 Å². The highest BCUT2D eigenvalue weighted by atomic mass is 16.5. The third-order valence-electron chi connectivity index (χ3n) is 3.94. The van der Waals surface area contributed by atoms with Crippen molar-refractivity contribution in [2.45, 2.75) is 13.8 Å². The van der Waals surface area contributed by atoms with Gasteiger partial charge in [-0.05, 0) is 43.7 Å². The molecule has 0 unspecified atom stereocenters.